The number of hydrogen-bond acceptors (Lipinski definition) is 5. The van der Waals surface area contributed by atoms with Crippen molar-refractivity contribution in [2.45, 2.75) is 44.7 Å². The van der Waals surface area contributed by atoms with E-state index in [-0.39, 0.29) is 12.1 Å². The molecule has 2 unspecified atom stereocenters. The van der Waals surface area contributed by atoms with Crippen molar-refractivity contribution in [3.63, 3.8) is 0 Å². The Labute approximate surface area is 201 Å². The van der Waals surface area contributed by atoms with Gasteiger partial charge in [0.2, 0.25) is 0 Å². The largest absolute Gasteiger partial charge is 0.392 e. The van der Waals surface area contributed by atoms with Gasteiger partial charge in [-0.15, -0.1) is 6.58 Å². The molecule has 2 atom stereocenters. The molecule has 0 spiro atoms. The molecule has 0 fully saturated rings. The molecule has 1 aromatic carbocycles. The van der Waals surface area contributed by atoms with Crippen molar-refractivity contribution in [1.82, 2.24) is 26.6 Å². The van der Waals surface area contributed by atoms with Crippen LogP contribution in [0.2, 0.25) is 0 Å². The molecule has 5 nitrogen and oxygen atoms in total. The van der Waals surface area contributed by atoms with E-state index in [1.807, 2.05) is 27.2 Å². The lowest BCUT2D eigenvalue weighted by Gasteiger charge is -2.25. The lowest BCUT2D eigenvalue weighted by molar-refractivity contribution is 0.582. The summed E-state index contributed by atoms with van der Waals surface area (Å²) in [6.07, 6.45) is 5.36. The Morgan fingerprint density at radius 1 is 0.788 bits per heavy atom. The summed E-state index contributed by atoms with van der Waals surface area (Å²) in [6.45, 7) is 26.8. The van der Waals surface area contributed by atoms with Crippen LogP contribution in [0.4, 0.5) is 0 Å². The zero-order valence-corrected chi connectivity index (χ0v) is 21.0. The van der Waals surface area contributed by atoms with Gasteiger partial charge in [0.05, 0.1) is 6.04 Å². The molecule has 0 aliphatic carbocycles. The minimum atomic E-state index is 0.0308. The van der Waals surface area contributed by atoms with Crippen molar-refractivity contribution in [2.24, 2.45) is 0 Å². The minimum absolute atomic E-state index is 0.0308. The predicted octanol–water partition coefficient (Wildman–Crippen LogP) is 4.80. The van der Waals surface area contributed by atoms with E-state index in [9.17, 15) is 0 Å². The van der Waals surface area contributed by atoms with Crippen molar-refractivity contribution in [1.29, 1.82) is 0 Å². The van der Waals surface area contributed by atoms with Crippen LogP contribution in [0.5, 0.6) is 0 Å². The highest BCUT2D eigenvalue weighted by atomic mass is 15.0. The van der Waals surface area contributed by atoms with Crippen molar-refractivity contribution in [2.75, 3.05) is 21.1 Å². The quantitative estimate of drug-likeness (QED) is 0.221. The Balaban J connectivity index is 2.96. The second-order valence-corrected chi connectivity index (χ2v) is 8.29. The van der Waals surface area contributed by atoms with Crippen molar-refractivity contribution in [3.8, 4) is 0 Å². The highest BCUT2D eigenvalue weighted by Crippen LogP contribution is 2.22. The summed E-state index contributed by atoms with van der Waals surface area (Å²) in [4.78, 5) is 0. The SMILES string of the molecule is C=CC(CCC(=C)NC)NC(=C)c1cc(C)cc(C(=C)NC(CCC(=C)NC)C(=C)NC)c1. The van der Waals surface area contributed by atoms with Crippen LogP contribution in [0.25, 0.3) is 11.4 Å². The first-order valence-electron chi connectivity index (χ1n) is 11.4. The smallest absolute Gasteiger partial charge is 0.0657 e. The molecule has 5 N–H and O–H groups in total. The molecule has 0 aliphatic rings. The van der Waals surface area contributed by atoms with E-state index in [1.54, 1.807) is 0 Å². The fourth-order valence-electron chi connectivity index (χ4n) is 3.39. The Bertz CT molecular complexity index is 880. The third-order valence-electron chi connectivity index (χ3n) is 5.71. The molecule has 0 saturated carbocycles. The molecule has 0 bridgehead atoms. The number of nitrogens with one attached hydrogen (secondary N) is 5. The Morgan fingerprint density at radius 3 is 1.79 bits per heavy atom. The third-order valence-corrected chi connectivity index (χ3v) is 5.71. The van der Waals surface area contributed by atoms with Crippen LogP contribution < -0.4 is 26.6 Å². The summed E-state index contributed by atoms with van der Waals surface area (Å²) in [5, 5.41) is 16.4. The van der Waals surface area contributed by atoms with E-state index in [2.05, 4.69) is 91.2 Å². The lowest BCUT2D eigenvalue weighted by Crippen LogP contribution is -2.34. The third kappa shape index (κ3) is 9.36. The first kappa shape index (κ1) is 27.7. The second kappa shape index (κ2) is 13.9. The summed E-state index contributed by atoms with van der Waals surface area (Å²) in [5.41, 5.74) is 7.80. The summed E-state index contributed by atoms with van der Waals surface area (Å²) in [6, 6.07) is 6.50. The molecular weight excluding hydrogens is 406 g/mol. The van der Waals surface area contributed by atoms with Gasteiger partial charge in [-0.2, -0.15) is 0 Å². The van der Waals surface area contributed by atoms with Crippen LogP contribution in [0.1, 0.15) is 42.4 Å². The van der Waals surface area contributed by atoms with Crippen molar-refractivity contribution < 1.29 is 0 Å². The molecule has 0 aliphatic heterocycles. The maximum absolute atomic E-state index is 4.30. The van der Waals surface area contributed by atoms with Gasteiger partial charge in [0, 0.05) is 55.7 Å². The van der Waals surface area contributed by atoms with Gasteiger partial charge in [0.1, 0.15) is 0 Å². The van der Waals surface area contributed by atoms with Gasteiger partial charge in [0.15, 0.2) is 0 Å². The van der Waals surface area contributed by atoms with Crippen LogP contribution in [0.3, 0.4) is 0 Å². The highest BCUT2D eigenvalue weighted by Gasteiger charge is 2.15. The normalized spacial score (nSPS) is 12.0. The Kier molecular flexibility index (Phi) is 11.7. The summed E-state index contributed by atoms with van der Waals surface area (Å²) in [5.74, 6) is 0. The van der Waals surface area contributed by atoms with Crippen molar-refractivity contribution in [3.05, 3.63) is 97.5 Å². The number of hydrogen-bond donors (Lipinski definition) is 5. The molecule has 1 rings (SSSR count). The molecule has 0 amide bonds. The maximum Gasteiger partial charge on any atom is 0.0657 e. The minimum Gasteiger partial charge on any atom is -0.392 e. The monoisotopic (exact) mass is 449 g/mol. The van der Waals surface area contributed by atoms with Crippen LogP contribution in [-0.2, 0) is 0 Å². The zero-order valence-electron chi connectivity index (χ0n) is 21.0. The van der Waals surface area contributed by atoms with E-state index in [0.29, 0.717) is 0 Å². The van der Waals surface area contributed by atoms with E-state index in [4.69, 9.17) is 0 Å². The fraction of sp³-hybridized carbons (Fsp3) is 0.357. The Morgan fingerprint density at radius 2 is 1.30 bits per heavy atom. The maximum atomic E-state index is 4.30. The molecule has 5 heteroatoms. The predicted molar refractivity (Wildman–Crippen MR) is 146 cm³/mol. The molecular formula is C28H43N5. The lowest BCUT2D eigenvalue weighted by atomic mass is 10.0. The second-order valence-electron chi connectivity index (χ2n) is 8.29. The Hall–Kier alpha value is -3.34. The van der Waals surface area contributed by atoms with Gasteiger partial charge in [-0.05, 0) is 67.5 Å². The average molecular weight is 450 g/mol. The van der Waals surface area contributed by atoms with E-state index in [1.165, 1.54) is 0 Å². The number of allylic oxidation sites excluding steroid dienone is 2. The van der Waals surface area contributed by atoms with Gasteiger partial charge in [0.25, 0.3) is 0 Å². The summed E-state index contributed by atoms with van der Waals surface area (Å²) in [7, 11) is 5.66. The van der Waals surface area contributed by atoms with Crippen LogP contribution in [-0.4, -0.2) is 33.2 Å². The topological polar surface area (TPSA) is 60.1 Å². The summed E-state index contributed by atoms with van der Waals surface area (Å²) < 4.78 is 0. The van der Waals surface area contributed by atoms with Gasteiger partial charge in [-0.3, -0.25) is 0 Å². The first-order valence-corrected chi connectivity index (χ1v) is 11.4. The first-order chi connectivity index (χ1) is 15.6. The van der Waals surface area contributed by atoms with Crippen LogP contribution in [0.15, 0.2) is 80.8 Å². The molecule has 0 saturated heterocycles. The van der Waals surface area contributed by atoms with Gasteiger partial charge in [-0.1, -0.05) is 39.0 Å². The summed E-state index contributed by atoms with van der Waals surface area (Å²) >= 11 is 0. The number of benzene rings is 1. The molecule has 33 heavy (non-hydrogen) atoms. The molecule has 0 radical (unpaired) electrons. The average Bonchev–Trinajstić information content (AvgIpc) is 2.82. The molecule has 0 heterocycles. The molecule has 180 valence electrons. The van der Waals surface area contributed by atoms with Crippen LogP contribution >= 0.6 is 0 Å². The van der Waals surface area contributed by atoms with Gasteiger partial charge >= 0.3 is 0 Å². The van der Waals surface area contributed by atoms with E-state index in [0.717, 1.165) is 70.9 Å². The van der Waals surface area contributed by atoms with E-state index >= 15 is 0 Å². The van der Waals surface area contributed by atoms with Gasteiger partial charge < -0.3 is 26.6 Å². The number of likely N-dealkylation sites (N-methyl/N-ethyl adjacent to an activating group) is 1. The number of rotatable bonds is 17. The molecule has 1 aromatic rings. The van der Waals surface area contributed by atoms with E-state index < -0.39 is 0 Å². The van der Waals surface area contributed by atoms with Gasteiger partial charge in [-0.25, -0.2) is 0 Å². The zero-order chi connectivity index (χ0) is 25.0. The van der Waals surface area contributed by atoms with Crippen LogP contribution in [0, 0.1) is 6.92 Å². The fourth-order valence-corrected chi connectivity index (χ4v) is 3.39. The van der Waals surface area contributed by atoms with Crippen molar-refractivity contribution >= 4 is 11.4 Å². The molecule has 0 aromatic heterocycles. The highest BCUT2D eigenvalue weighted by molar-refractivity contribution is 5.70. The number of aryl methyl sites for hydroxylation is 1. The standard InChI is InChI=1S/C28H43N5/c1-11-27(14-12-20(3)29-8)32-22(5)25-16-19(2)17-26(18-25)23(6)33-28(24(7)31-10)15-13-21(4)30-9/h11,16-18,27-33H,1,3-7,12-15H2,2,8-10H3.